The molecule has 0 amide bonds. The maximum absolute atomic E-state index is 9.10. The monoisotopic (exact) mass is 243 g/mol. The third-order valence-corrected chi connectivity index (χ3v) is 2.96. The molecule has 0 atom stereocenters. The largest absolute Gasteiger partial charge is 0.392 e. The molecule has 0 aliphatic rings. The van der Waals surface area contributed by atoms with E-state index in [1.165, 1.54) is 5.56 Å². The number of aliphatic hydroxyl groups is 1. The number of rotatable bonds is 3. The predicted octanol–water partition coefficient (Wildman–Crippen LogP) is 2.35. The van der Waals surface area contributed by atoms with Crippen molar-refractivity contribution in [2.45, 2.75) is 20.5 Å². The van der Waals surface area contributed by atoms with Crippen LogP contribution in [0.1, 0.15) is 16.8 Å². The summed E-state index contributed by atoms with van der Waals surface area (Å²) in [5.74, 6) is 0.633. The highest BCUT2D eigenvalue weighted by Gasteiger charge is 2.08. The molecule has 2 rings (SSSR count). The molecule has 0 radical (unpaired) electrons. The Hall–Kier alpha value is -1.94. The molecule has 1 aromatic heterocycles. The number of hydrogen-bond donors (Lipinski definition) is 1. The minimum absolute atomic E-state index is 0.0274. The Bertz CT molecular complexity index is 537. The first-order valence-corrected chi connectivity index (χ1v) is 5.85. The summed E-state index contributed by atoms with van der Waals surface area (Å²) in [4.78, 5) is 10.6. The normalized spacial score (nSPS) is 10.4. The van der Waals surface area contributed by atoms with Gasteiger partial charge in [-0.2, -0.15) is 0 Å². The van der Waals surface area contributed by atoms with E-state index in [2.05, 4.69) is 29.0 Å². The van der Waals surface area contributed by atoms with Crippen molar-refractivity contribution < 1.29 is 5.11 Å². The van der Waals surface area contributed by atoms with E-state index in [-0.39, 0.29) is 6.61 Å². The van der Waals surface area contributed by atoms with E-state index >= 15 is 0 Å². The van der Waals surface area contributed by atoms with Crippen LogP contribution >= 0.6 is 0 Å². The van der Waals surface area contributed by atoms with Gasteiger partial charge in [0.25, 0.3) is 0 Å². The average Bonchev–Trinajstić information content (AvgIpc) is 2.38. The lowest BCUT2D eigenvalue weighted by molar-refractivity contribution is 0.280. The van der Waals surface area contributed by atoms with Crippen molar-refractivity contribution in [2.24, 2.45) is 0 Å². The molecule has 1 aromatic carbocycles. The van der Waals surface area contributed by atoms with Gasteiger partial charge in [-0.25, -0.2) is 9.97 Å². The number of anilines is 2. The Balaban J connectivity index is 2.31. The summed E-state index contributed by atoms with van der Waals surface area (Å²) < 4.78 is 0. The third kappa shape index (κ3) is 2.49. The summed E-state index contributed by atoms with van der Waals surface area (Å²) in [7, 11) is 1.93. The molecule has 0 aliphatic heterocycles. The summed E-state index contributed by atoms with van der Waals surface area (Å²) in [5.41, 5.74) is 3.83. The number of benzene rings is 1. The Morgan fingerprint density at radius 3 is 2.39 bits per heavy atom. The molecule has 4 nitrogen and oxygen atoms in total. The molecule has 0 saturated heterocycles. The second-order valence-corrected chi connectivity index (χ2v) is 4.33. The molecule has 0 aliphatic carbocycles. The number of aliphatic hydroxyl groups excluding tert-OH is 1. The third-order valence-electron chi connectivity index (χ3n) is 2.96. The predicted molar refractivity (Wildman–Crippen MR) is 71.9 cm³/mol. The van der Waals surface area contributed by atoms with Crippen molar-refractivity contribution >= 4 is 11.6 Å². The molecule has 4 heteroatoms. The van der Waals surface area contributed by atoms with Crippen molar-refractivity contribution in [3.05, 3.63) is 47.3 Å². The number of aromatic nitrogens is 2. The van der Waals surface area contributed by atoms with Gasteiger partial charge in [-0.15, -0.1) is 0 Å². The molecular weight excluding hydrogens is 226 g/mol. The van der Waals surface area contributed by atoms with E-state index < -0.39 is 0 Å². The summed E-state index contributed by atoms with van der Waals surface area (Å²) >= 11 is 0. The summed E-state index contributed by atoms with van der Waals surface area (Å²) in [6, 6.07) is 8.18. The van der Waals surface area contributed by atoms with Gasteiger partial charge in [0.05, 0.1) is 6.61 Å². The lowest BCUT2D eigenvalue weighted by atomic mass is 10.2. The van der Waals surface area contributed by atoms with Crippen molar-refractivity contribution in [3.63, 3.8) is 0 Å². The molecule has 0 bridgehead atoms. The number of nitrogens with zero attached hydrogens (tertiary/aromatic N) is 3. The highest BCUT2D eigenvalue weighted by molar-refractivity contribution is 5.56. The minimum atomic E-state index is -0.0274. The van der Waals surface area contributed by atoms with Crippen LogP contribution in [0.4, 0.5) is 11.6 Å². The molecule has 2 aromatic rings. The number of hydrogen-bond acceptors (Lipinski definition) is 4. The second-order valence-electron chi connectivity index (χ2n) is 4.33. The summed E-state index contributed by atoms with van der Waals surface area (Å²) in [6.07, 6.45) is 1.67. The highest BCUT2D eigenvalue weighted by atomic mass is 16.3. The van der Waals surface area contributed by atoms with Crippen LogP contribution in [0, 0.1) is 13.8 Å². The van der Waals surface area contributed by atoms with Crippen molar-refractivity contribution in [1.29, 1.82) is 0 Å². The molecule has 0 saturated carbocycles. The van der Waals surface area contributed by atoms with Crippen LogP contribution in [-0.4, -0.2) is 22.1 Å². The van der Waals surface area contributed by atoms with Crippen LogP contribution < -0.4 is 4.90 Å². The van der Waals surface area contributed by atoms with E-state index in [4.69, 9.17) is 5.11 Å². The van der Waals surface area contributed by atoms with Gasteiger partial charge in [-0.05, 0) is 26.0 Å². The van der Waals surface area contributed by atoms with E-state index in [1.807, 2.05) is 31.0 Å². The molecule has 94 valence electrons. The maximum Gasteiger partial charge on any atom is 0.229 e. The van der Waals surface area contributed by atoms with Crippen LogP contribution in [0.5, 0.6) is 0 Å². The van der Waals surface area contributed by atoms with Crippen LogP contribution in [0.2, 0.25) is 0 Å². The quantitative estimate of drug-likeness (QED) is 0.899. The first-order valence-electron chi connectivity index (χ1n) is 5.85. The highest BCUT2D eigenvalue weighted by Crippen LogP contribution is 2.20. The standard InChI is InChI=1S/C14H17N3O/c1-10-4-6-13(7-5-10)17(3)14-15-8-12(9-18)11(2)16-14/h4-8,18H,9H2,1-3H3. The first kappa shape index (κ1) is 12.5. The first-order chi connectivity index (χ1) is 8.61. The van der Waals surface area contributed by atoms with Crippen molar-refractivity contribution in [2.75, 3.05) is 11.9 Å². The Morgan fingerprint density at radius 1 is 1.17 bits per heavy atom. The van der Waals surface area contributed by atoms with Gasteiger partial charge in [0.15, 0.2) is 0 Å². The van der Waals surface area contributed by atoms with Gasteiger partial charge >= 0.3 is 0 Å². The Morgan fingerprint density at radius 2 is 1.83 bits per heavy atom. The SMILES string of the molecule is Cc1ccc(N(C)c2ncc(CO)c(C)n2)cc1. The zero-order chi connectivity index (χ0) is 13.1. The molecule has 18 heavy (non-hydrogen) atoms. The molecule has 0 unspecified atom stereocenters. The van der Waals surface area contributed by atoms with Crippen molar-refractivity contribution in [3.8, 4) is 0 Å². The maximum atomic E-state index is 9.10. The lowest BCUT2D eigenvalue weighted by Crippen LogP contribution is -2.14. The molecule has 0 fully saturated rings. The van der Waals surface area contributed by atoms with E-state index in [1.54, 1.807) is 6.20 Å². The molecule has 1 N–H and O–H groups in total. The van der Waals surface area contributed by atoms with Crippen LogP contribution in [0.25, 0.3) is 0 Å². The van der Waals surface area contributed by atoms with Gasteiger partial charge in [0.1, 0.15) is 0 Å². The van der Waals surface area contributed by atoms with Crippen molar-refractivity contribution in [1.82, 2.24) is 9.97 Å². The van der Waals surface area contributed by atoms with Crippen LogP contribution in [0.3, 0.4) is 0 Å². The smallest absolute Gasteiger partial charge is 0.229 e. The van der Waals surface area contributed by atoms with E-state index in [9.17, 15) is 0 Å². The molecule has 1 heterocycles. The minimum Gasteiger partial charge on any atom is -0.392 e. The summed E-state index contributed by atoms with van der Waals surface area (Å²) in [5, 5.41) is 9.10. The van der Waals surface area contributed by atoms with Gasteiger partial charge in [0, 0.05) is 30.2 Å². The topological polar surface area (TPSA) is 49.2 Å². The van der Waals surface area contributed by atoms with Gasteiger partial charge in [0.2, 0.25) is 5.95 Å². The lowest BCUT2D eigenvalue weighted by Gasteiger charge is -2.18. The van der Waals surface area contributed by atoms with Crippen LogP contribution in [-0.2, 0) is 6.61 Å². The number of aryl methyl sites for hydroxylation is 2. The van der Waals surface area contributed by atoms with E-state index in [0.29, 0.717) is 5.95 Å². The van der Waals surface area contributed by atoms with Gasteiger partial charge < -0.3 is 10.0 Å². The molecule has 0 spiro atoms. The van der Waals surface area contributed by atoms with Crippen LogP contribution in [0.15, 0.2) is 30.5 Å². The average molecular weight is 243 g/mol. The zero-order valence-corrected chi connectivity index (χ0v) is 10.9. The molecular formula is C14H17N3O. The van der Waals surface area contributed by atoms with Gasteiger partial charge in [-0.1, -0.05) is 17.7 Å². The fourth-order valence-electron chi connectivity index (χ4n) is 1.68. The van der Waals surface area contributed by atoms with E-state index in [0.717, 1.165) is 16.9 Å². The zero-order valence-electron chi connectivity index (χ0n) is 10.9. The second kappa shape index (κ2) is 5.14. The Labute approximate surface area is 107 Å². The fraction of sp³-hybridized carbons (Fsp3) is 0.286. The Kier molecular flexibility index (Phi) is 3.58. The fourth-order valence-corrected chi connectivity index (χ4v) is 1.68. The summed E-state index contributed by atoms with van der Waals surface area (Å²) in [6.45, 7) is 3.90. The van der Waals surface area contributed by atoms with Gasteiger partial charge in [-0.3, -0.25) is 0 Å².